The van der Waals surface area contributed by atoms with E-state index in [0.717, 1.165) is 21.1 Å². The van der Waals surface area contributed by atoms with E-state index in [1.165, 1.54) is 19.3 Å². The first-order valence-corrected chi connectivity index (χ1v) is 7.53. The third kappa shape index (κ3) is 4.98. The van der Waals surface area contributed by atoms with E-state index >= 15 is 0 Å². The zero-order valence-electron chi connectivity index (χ0n) is 10.3. The Morgan fingerprint density at radius 3 is 2.41 bits per heavy atom. The molecule has 1 aromatic rings. The summed E-state index contributed by atoms with van der Waals surface area (Å²) in [6.45, 7) is 5.24. The highest BCUT2D eigenvalue weighted by Gasteiger charge is 2.07. The van der Waals surface area contributed by atoms with Crippen LogP contribution in [0.15, 0.2) is 21.1 Å². The molecule has 0 aliphatic rings. The SMILES string of the molecule is CCCCC(C)NCc1cc(Br)c(O)c(Br)c1. The minimum Gasteiger partial charge on any atom is -0.506 e. The van der Waals surface area contributed by atoms with Crippen molar-refractivity contribution in [2.24, 2.45) is 0 Å². The zero-order valence-corrected chi connectivity index (χ0v) is 13.4. The van der Waals surface area contributed by atoms with E-state index in [-0.39, 0.29) is 5.75 Å². The van der Waals surface area contributed by atoms with Crippen molar-refractivity contribution in [3.63, 3.8) is 0 Å². The van der Waals surface area contributed by atoms with E-state index in [1.807, 2.05) is 12.1 Å². The van der Waals surface area contributed by atoms with Crippen LogP contribution in [0.2, 0.25) is 0 Å². The number of benzene rings is 1. The molecule has 0 bridgehead atoms. The fourth-order valence-electron chi connectivity index (χ4n) is 1.62. The fourth-order valence-corrected chi connectivity index (χ4v) is 2.91. The zero-order chi connectivity index (χ0) is 12.8. The Hall–Kier alpha value is -0.0600. The van der Waals surface area contributed by atoms with Gasteiger partial charge in [-0.15, -0.1) is 0 Å². The maximum absolute atomic E-state index is 9.61. The van der Waals surface area contributed by atoms with Gasteiger partial charge >= 0.3 is 0 Å². The van der Waals surface area contributed by atoms with Crippen molar-refractivity contribution in [3.8, 4) is 5.75 Å². The molecule has 0 heterocycles. The van der Waals surface area contributed by atoms with Crippen molar-refractivity contribution in [1.29, 1.82) is 0 Å². The van der Waals surface area contributed by atoms with Crippen LogP contribution in [0.25, 0.3) is 0 Å². The highest BCUT2D eigenvalue weighted by molar-refractivity contribution is 9.11. The number of rotatable bonds is 6. The molecule has 0 amide bonds. The fraction of sp³-hybridized carbons (Fsp3) is 0.538. The Balaban J connectivity index is 2.52. The molecule has 0 spiro atoms. The van der Waals surface area contributed by atoms with E-state index < -0.39 is 0 Å². The number of aromatic hydroxyl groups is 1. The molecular weight excluding hydrogens is 346 g/mol. The maximum atomic E-state index is 9.61. The van der Waals surface area contributed by atoms with Gasteiger partial charge in [0.2, 0.25) is 0 Å². The Labute approximate surface area is 120 Å². The van der Waals surface area contributed by atoms with Gasteiger partial charge in [0.05, 0.1) is 8.95 Å². The summed E-state index contributed by atoms with van der Waals surface area (Å²) in [4.78, 5) is 0. The lowest BCUT2D eigenvalue weighted by atomic mass is 10.1. The summed E-state index contributed by atoms with van der Waals surface area (Å²) in [6, 6.07) is 4.42. The summed E-state index contributed by atoms with van der Waals surface area (Å²) < 4.78 is 1.45. The quantitative estimate of drug-likeness (QED) is 0.773. The lowest BCUT2D eigenvalue weighted by Crippen LogP contribution is -2.25. The Morgan fingerprint density at radius 1 is 1.29 bits per heavy atom. The molecule has 1 unspecified atom stereocenters. The molecule has 1 aromatic carbocycles. The number of phenols is 1. The average Bonchev–Trinajstić information content (AvgIpc) is 2.30. The highest BCUT2D eigenvalue weighted by atomic mass is 79.9. The molecule has 1 atom stereocenters. The van der Waals surface area contributed by atoms with Crippen LogP contribution in [0.5, 0.6) is 5.75 Å². The molecule has 2 N–H and O–H groups in total. The smallest absolute Gasteiger partial charge is 0.143 e. The third-order valence-electron chi connectivity index (χ3n) is 2.72. The van der Waals surface area contributed by atoms with Crippen LogP contribution in [0.4, 0.5) is 0 Å². The summed E-state index contributed by atoms with van der Waals surface area (Å²) in [5.41, 5.74) is 1.16. The van der Waals surface area contributed by atoms with Gasteiger partial charge in [-0.3, -0.25) is 0 Å². The third-order valence-corrected chi connectivity index (χ3v) is 3.93. The van der Waals surface area contributed by atoms with Crippen molar-refractivity contribution < 1.29 is 5.11 Å². The molecule has 96 valence electrons. The summed E-state index contributed by atoms with van der Waals surface area (Å²) in [6.07, 6.45) is 3.70. The van der Waals surface area contributed by atoms with Gasteiger partial charge in [-0.1, -0.05) is 19.8 Å². The molecule has 0 aliphatic heterocycles. The van der Waals surface area contributed by atoms with Crippen LogP contribution in [0.1, 0.15) is 38.7 Å². The number of halogens is 2. The van der Waals surface area contributed by atoms with Crippen LogP contribution in [0.3, 0.4) is 0 Å². The average molecular weight is 365 g/mol. The molecule has 0 saturated carbocycles. The van der Waals surface area contributed by atoms with E-state index in [4.69, 9.17) is 0 Å². The summed E-state index contributed by atoms with van der Waals surface area (Å²) in [5, 5.41) is 13.1. The largest absolute Gasteiger partial charge is 0.506 e. The number of unbranched alkanes of at least 4 members (excludes halogenated alkanes) is 1. The van der Waals surface area contributed by atoms with Gasteiger partial charge in [-0.2, -0.15) is 0 Å². The van der Waals surface area contributed by atoms with Gasteiger partial charge in [0.15, 0.2) is 0 Å². The van der Waals surface area contributed by atoms with E-state index in [0.29, 0.717) is 6.04 Å². The first kappa shape index (κ1) is 15.0. The second kappa shape index (κ2) is 7.39. The molecule has 2 nitrogen and oxygen atoms in total. The molecule has 0 fully saturated rings. The lowest BCUT2D eigenvalue weighted by Gasteiger charge is -2.14. The molecule has 0 saturated heterocycles. The first-order chi connectivity index (χ1) is 8.04. The molecular formula is C13H19Br2NO. The van der Waals surface area contributed by atoms with Crippen LogP contribution in [0, 0.1) is 0 Å². The second-order valence-corrected chi connectivity index (χ2v) is 6.04. The van der Waals surface area contributed by atoms with Crippen LogP contribution in [-0.4, -0.2) is 11.1 Å². The van der Waals surface area contributed by atoms with Gasteiger partial charge in [0.25, 0.3) is 0 Å². The number of nitrogens with one attached hydrogen (secondary N) is 1. The summed E-state index contributed by atoms with van der Waals surface area (Å²) in [5.74, 6) is 0.257. The van der Waals surface area contributed by atoms with Crippen molar-refractivity contribution in [2.45, 2.75) is 45.7 Å². The van der Waals surface area contributed by atoms with Crippen molar-refractivity contribution >= 4 is 31.9 Å². The molecule has 0 aromatic heterocycles. The Bertz CT molecular complexity index is 345. The maximum Gasteiger partial charge on any atom is 0.143 e. The number of hydrogen-bond donors (Lipinski definition) is 2. The van der Waals surface area contributed by atoms with E-state index in [1.54, 1.807) is 0 Å². The van der Waals surface area contributed by atoms with E-state index in [2.05, 4.69) is 51.0 Å². The van der Waals surface area contributed by atoms with Crippen LogP contribution >= 0.6 is 31.9 Å². The van der Waals surface area contributed by atoms with Gasteiger partial charge < -0.3 is 10.4 Å². The van der Waals surface area contributed by atoms with Crippen molar-refractivity contribution in [2.75, 3.05) is 0 Å². The van der Waals surface area contributed by atoms with Gasteiger partial charge in [-0.25, -0.2) is 0 Å². The molecule has 4 heteroatoms. The van der Waals surface area contributed by atoms with Gasteiger partial charge in [0.1, 0.15) is 5.75 Å². The van der Waals surface area contributed by atoms with E-state index in [9.17, 15) is 5.11 Å². The molecule has 1 rings (SSSR count). The monoisotopic (exact) mass is 363 g/mol. The standard InChI is InChI=1S/C13H19Br2NO/c1-3-4-5-9(2)16-8-10-6-11(14)13(17)12(15)7-10/h6-7,9,16-17H,3-5,8H2,1-2H3. The molecule has 0 radical (unpaired) electrons. The van der Waals surface area contributed by atoms with Crippen LogP contribution < -0.4 is 5.32 Å². The minimum atomic E-state index is 0.257. The number of phenolic OH excluding ortho intramolecular Hbond substituents is 1. The topological polar surface area (TPSA) is 32.3 Å². The van der Waals surface area contributed by atoms with Crippen molar-refractivity contribution in [3.05, 3.63) is 26.6 Å². The second-order valence-electron chi connectivity index (χ2n) is 4.33. The first-order valence-electron chi connectivity index (χ1n) is 5.94. The Kier molecular flexibility index (Phi) is 6.52. The Morgan fingerprint density at radius 2 is 1.88 bits per heavy atom. The highest BCUT2D eigenvalue weighted by Crippen LogP contribution is 2.33. The van der Waals surface area contributed by atoms with Gasteiger partial charge in [-0.05, 0) is 62.9 Å². The van der Waals surface area contributed by atoms with Gasteiger partial charge in [0, 0.05) is 12.6 Å². The predicted molar refractivity (Wildman–Crippen MR) is 79.3 cm³/mol. The van der Waals surface area contributed by atoms with Crippen molar-refractivity contribution in [1.82, 2.24) is 5.32 Å². The summed E-state index contributed by atoms with van der Waals surface area (Å²) in [7, 11) is 0. The molecule has 17 heavy (non-hydrogen) atoms. The number of hydrogen-bond acceptors (Lipinski definition) is 2. The lowest BCUT2D eigenvalue weighted by molar-refractivity contribution is 0.467. The predicted octanol–water partition coefficient (Wildman–Crippen LogP) is 4.59. The van der Waals surface area contributed by atoms with Crippen LogP contribution in [-0.2, 0) is 6.54 Å². The normalized spacial score (nSPS) is 12.7. The molecule has 0 aliphatic carbocycles. The summed E-state index contributed by atoms with van der Waals surface area (Å²) >= 11 is 6.68. The minimum absolute atomic E-state index is 0.257.